The van der Waals surface area contributed by atoms with Crippen LogP contribution in [0, 0.1) is 6.92 Å². The SMILES string of the molecule is Cc1ccc(CN(CCN)CCc2ccccc2)nc1.Cl. The number of aromatic nitrogens is 1. The van der Waals surface area contributed by atoms with Crippen LogP contribution in [0.1, 0.15) is 16.8 Å². The van der Waals surface area contributed by atoms with E-state index in [4.69, 9.17) is 5.73 Å². The Bertz CT molecular complexity index is 499. The lowest BCUT2D eigenvalue weighted by molar-refractivity contribution is 0.273. The molecule has 4 heteroatoms. The smallest absolute Gasteiger partial charge is 0.0544 e. The maximum atomic E-state index is 5.71. The van der Waals surface area contributed by atoms with Gasteiger partial charge in [0, 0.05) is 32.4 Å². The van der Waals surface area contributed by atoms with Crippen molar-refractivity contribution in [1.82, 2.24) is 9.88 Å². The highest BCUT2D eigenvalue weighted by molar-refractivity contribution is 5.85. The van der Waals surface area contributed by atoms with Crippen LogP contribution in [-0.4, -0.2) is 29.5 Å². The lowest BCUT2D eigenvalue weighted by Crippen LogP contribution is -2.31. The van der Waals surface area contributed by atoms with E-state index >= 15 is 0 Å². The van der Waals surface area contributed by atoms with Crippen molar-refractivity contribution in [3.63, 3.8) is 0 Å². The van der Waals surface area contributed by atoms with Crippen LogP contribution in [0.15, 0.2) is 48.7 Å². The average molecular weight is 306 g/mol. The van der Waals surface area contributed by atoms with Gasteiger partial charge in [-0.1, -0.05) is 36.4 Å². The van der Waals surface area contributed by atoms with Gasteiger partial charge in [0.05, 0.1) is 5.69 Å². The second kappa shape index (κ2) is 9.50. The van der Waals surface area contributed by atoms with E-state index in [1.54, 1.807) is 0 Å². The summed E-state index contributed by atoms with van der Waals surface area (Å²) >= 11 is 0. The molecule has 0 radical (unpaired) electrons. The van der Waals surface area contributed by atoms with Crippen molar-refractivity contribution >= 4 is 12.4 Å². The number of rotatable bonds is 7. The molecule has 0 fully saturated rings. The molecule has 1 aromatic heterocycles. The highest BCUT2D eigenvalue weighted by Gasteiger charge is 2.06. The summed E-state index contributed by atoms with van der Waals surface area (Å²) in [5, 5.41) is 0. The van der Waals surface area contributed by atoms with Gasteiger partial charge in [-0.05, 0) is 30.5 Å². The molecule has 0 atom stereocenters. The van der Waals surface area contributed by atoms with E-state index in [1.165, 1.54) is 11.1 Å². The van der Waals surface area contributed by atoms with Crippen molar-refractivity contribution in [3.8, 4) is 0 Å². The van der Waals surface area contributed by atoms with Crippen molar-refractivity contribution in [1.29, 1.82) is 0 Å². The molecule has 21 heavy (non-hydrogen) atoms. The van der Waals surface area contributed by atoms with E-state index in [0.717, 1.165) is 31.7 Å². The lowest BCUT2D eigenvalue weighted by atomic mass is 10.1. The van der Waals surface area contributed by atoms with Crippen molar-refractivity contribution in [3.05, 3.63) is 65.5 Å². The zero-order chi connectivity index (χ0) is 14.2. The molecule has 0 saturated carbocycles. The highest BCUT2D eigenvalue weighted by Crippen LogP contribution is 2.06. The largest absolute Gasteiger partial charge is 0.329 e. The summed E-state index contributed by atoms with van der Waals surface area (Å²) in [6.07, 6.45) is 2.97. The Kier molecular flexibility index (Phi) is 7.98. The van der Waals surface area contributed by atoms with Gasteiger partial charge in [0.1, 0.15) is 0 Å². The normalized spacial score (nSPS) is 10.4. The van der Waals surface area contributed by atoms with E-state index < -0.39 is 0 Å². The average Bonchev–Trinajstić information content (AvgIpc) is 2.48. The second-order valence-corrected chi connectivity index (χ2v) is 5.13. The fraction of sp³-hybridized carbons (Fsp3) is 0.353. The third-order valence-corrected chi connectivity index (χ3v) is 3.36. The molecular weight excluding hydrogens is 282 g/mol. The van der Waals surface area contributed by atoms with Crippen LogP contribution < -0.4 is 5.73 Å². The quantitative estimate of drug-likeness (QED) is 0.855. The molecule has 114 valence electrons. The third-order valence-electron chi connectivity index (χ3n) is 3.36. The molecular formula is C17H24ClN3. The summed E-state index contributed by atoms with van der Waals surface area (Å²) in [5.74, 6) is 0. The Balaban J connectivity index is 0.00000220. The monoisotopic (exact) mass is 305 g/mol. The number of benzene rings is 1. The highest BCUT2D eigenvalue weighted by atomic mass is 35.5. The molecule has 2 N–H and O–H groups in total. The number of nitrogens with two attached hydrogens (primary N) is 1. The van der Waals surface area contributed by atoms with Gasteiger partial charge >= 0.3 is 0 Å². The number of nitrogens with zero attached hydrogens (tertiary/aromatic N) is 2. The van der Waals surface area contributed by atoms with Crippen LogP contribution in [0.4, 0.5) is 0 Å². The number of aryl methyl sites for hydroxylation is 1. The third kappa shape index (κ3) is 6.25. The second-order valence-electron chi connectivity index (χ2n) is 5.13. The maximum absolute atomic E-state index is 5.71. The summed E-state index contributed by atoms with van der Waals surface area (Å²) in [4.78, 5) is 6.84. The van der Waals surface area contributed by atoms with Crippen molar-refractivity contribution < 1.29 is 0 Å². The first-order valence-corrected chi connectivity index (χ1v) is 7.16. The van der Waals surface area contributed by atoms with Gasteiger partial charge in [0.15, 0.2) is 0 Å². The Morgan fingerprint density at radius 3 is 2.43 bits per heavy atom. The first-order valence-electron chi connectivity index (χ1n) is 7.16. The summed E-state index contributed by atoms with van der Waals surface area (Å²) in [5.41, 5.74) is 9.39. The van der Waals surface area contributed by atoms with Gasteiger partial charge in [0.25, 0.3) is 0 Å². The van der Waals surface area contributed by atoms with E-state index in [-0.39, 0.29) is 12.4 Å². The molecule has 0 unspecified atom stereocenters. The molecule has 2 aromatic rings. The van der Waals surface area contributed by atoms with E-state index in [1.807, 2.05) is 6.20 Å². The van der Waals surface area contributed by atoms with Crippen LogP contribution >= 0.6 is 12.4 Å². The molecule has 1 aromatic carbocycles. The van der Waals surface area contributed by atoms with Gasteiger partial charge < -0.3 is 5.73 Å². The van der Waals surface area contributed by atoms with E-state index in [2.05, 4.69) is 59.3 Å². The van der Waals surface area contributed by atoms with Gasteiger partial charge in [-0.15, -0.1) is 12.4 Å². The van der Waals surface area contributed by atoms with Gasteiger partial charge in [-0.2, -0.15) is 0 Å². The van der Waals surface area contributed by atoms with Crippen LogP contribution in [0.5, 0.6) is 0 Å². The van der Waals surface area contributed by atoms with Gasteiger partial charge in [-0.25, -0.2) is 0 Å². The summed E-state index contributed by atoms with van der Waals surface area (Å²) in [7, 11) is 0. The van der Waals surface area contributed by atoms with E-state index in [0.29, 0.717) is 6.54 Å². The molecule has 0 spiro atoms. The first kappa shape index (κ1) is 17.6. The lowest BCUT2D eigenvalue weighted by Gasteiger charge is -2.21. The number of hydrogen-bond donors (Lipinski definition) is 1. The van der Waals surface area contributed by atoms with Crippen LogP contribution in [0.2, 0.25) is 0 Å². The van der Waals surface area contributed by atoms with Crippen molar-refractivity contribution in [2.45, 2.75) is 19.9 Å². The standard InChI is InChI=1S/C17H23N3.ClH/c1-15-7-8-17(19-13-15)14-20(12-10-18)11-9-16-5-3-2-4-6-16;/h2-8,13H,9-12,14,18H2,1H3;1H. The van der Waals surface area contributed by atoms with Gasteiger partial charge in [0.2, 0.25) is 0 Å². The molecule has 0 aliphatic carbocycles. The van der Waals surface area contributed by atoms with Crippen molar-refractivity contribution in [2.24, 2.45) is 5.73 Å². The van der Waals surface area contributed by atoms with Crippen LogP contribution in [0.3, 0.4) is 0 Å². The molecule has 0 bridgehead atoms. The predicted octanol–water partition coefficient (Wildman–Crippen LogP) is 2.82. The molecule has 2 rings (SSSR count). The summed E-state index contributed by atoms with van der Waals surface area (Å²) < 4.78 is 0. The predicted molar refractivity (Wildman–Crippen MR) is 90.7 cm³/mol. The maximum Gasteiger partial charge on any atom is 0.0544 e. The Morgan fingerprint density at radius 2 is 1.81 bits per heavy atom. The molecule has 1 heterocycles. The summed E-state index contributed by atoms with van der Waals surface area (Å²) in [6.45, 7) is 5.52. The van der Waals surface area contributed by atoms with Gasteiger partial charge in [-0.3, -0.25) is 9.88 Å². The number of pyridine rings is 1. The minimum Gasteiger partial charge on any atom is -0.329 e. The number of halogens is 1. The Labute approximate surface area is 133 Å². The molecule has 0 amide bonds. The molecule has 0 aliphatic rings. The Hall–Kier alpha value is -1.42. The molecule has 0 aliphatic heterocycles. The topological polar surface area (TPSA) is 42.1 Å². The minimum atomic E-state index is 0. The van der Waals surface area contributed by atoms with Crippen LogP contribution in [0.25, 0.3) is 0 Å². The zero-order valence-electron chi connectivity index (χ0n) is 12.5. The fourth-order valence-electron chi connectivity index (χ4n) is 2.21. The Morgan fingerprint density at radius 1 is 1.05 bits per heavy atom. The summed E-state index contributed by atoms with van der Waals surface area (Å²) in [6, 6.07) is 14.8. The van der Waals surface area contributed by atoms with E-state index in [9.17, 15) is 0 Å². The zero-order valence-corrected chi connectivity index (χ0v) is 13.4. The minimum absolute atomic E-state index is 0. The number of hydrogen-bond acceptors (Lipinski definition) is 3. The van der Waals surface area contributed by atoms with Crippen molar-refractivity contribution in [2.75, 3.05) is 19.6 Å². The molecule has 3 nitrogen and oxygen atoms in total. The molecule has 0 saturated heterocycles. The van der Waals surface area contributed by atoms with Crippen LogP contribution in [-0.2, 0) is 13.0 Å². The fourth-order valence-corrected chi connectivity index (χ4v) is 2.21. The first-order chi connectivity index (χ1) is 9.78.